The van der Waals surface area contributed by atoms with Crippen molar-refractivity contribution < 1.29 is 19.1 Å². The number of carbonyl (C=O) groups is 2. The summed E-state index contributed by atoms with van der Waals surface area (Å²) in [6, 6.07) is 5.15. The second-order valence-electron chi connectivity index (χ2n) is 6.38. The number of hydrogen-bond donors (Lipinski definition) is 0. The minimum absolute atomic E-state index is 0.0556. The van der Waals surface area contributed by atoms with E-state index in [1.807, 2.05) is 5.38 Å². The maximum Gasteiger partial charge on any atom is 0.254 e. The maximum atomic E-state index is 12.8. The highest BCUT2D eigenvalue weighted by atomic mass is 32.1. The van der Waals surface area contributed by atoms with E-state index in [4.69, 9.17) is 9.47 Å². The van der Waals surface area contributed by atoms with Crippen molar-refractivity contribution in [2.45, 2.75) is 12.8 Å². The van der Waals surface area contributed by atoms with Crippen molar-refractivity contribution in [3.8, 4) is 11.5 Å². The summed E-state index contributed by atoms with van der Waals surface area (Å²) in [5.74, 6) is 1.04. The summed E-state index contributed by atoms with van der Waals surface area (Å²) < 4.78 is 10.5. The average Bonchev–Trinajstić information content (AvgIpc) is 3.26. The molecule has 0 unspecified atom stereocenters. The normalized spacial score (nSPS) is 14.7. The van der Waals surface area contributed by atoms with Crippen molar-refractivity contribution in [2.75, 3.05) is 39.3 Å². The van der Waals surface area contributed by atoms with Crippen LogP contribution in [0.1, 0.15) is 23.2 Å². The number of methoxy groups -OCH3 is 2. The Kier molecular flexibility index (Phi) is 5.95. The van der Waals surface area contributed by atoms with Crippen molar-refractivity contribution in [1.82, 2.24) is 9.88 Å². The van der Waals surface area contributed by atoms with Crippen LogP contribution < -0.4 is 14.4 Å². The molecule has 7 nitrogen and oxygen atoms in total. The third kappa shape index (κ3) is 4.21. The van der Waals surface area contributed by atoms with E-state index in [2.05, 4.69) is 4.98 Å². The molecule has 2 heterocycles. The number of thiazole rings is 1. The van der Waals surface area contributed by atoms with E-state index < -0.39 is 0 Å². The Morgan fingerprint density at radius 3 is 2.30 bits per heavy atom. The Bertz CT molecular complexity index is 779. The molecule has 1 aliphatic heterocycles. The van der Waals surface area contributed by atoms with Gasteiger partial charge in [-0.3, -0.25) is 14.5 Å². The quantitative estimate of drug-likeness (QED) is 0.786. The lowest BCUT2D eigenvalue weighted by Gasteiger charge is -2.32. The highest BCUT2D eigenvalue weighted by molar-refractivity contribution is 7.13. The first-order chi connectivity index (χ1) is 13.0. The van der Waals surface area contributed by atoms with E-state index in [-0.39, 0.29) is 17.7 Å². The number of likely N-dealkylation sites (tertiary alicyclic amines) is 1. The van der Waals surface area contributed by atoms with E-state index >= 15 is 0 Å². The maximum absolute atomic E-state index is 12.8. The molecule has 144 valence electrons. The summed E-state index contributed by atoms with van der Waals surface area (Å²) in [6.07, 6.45) is 2.97. The molecule has 0 radical (unpaired) electrons. The molecule has 2 amide bonds. The Morgan fingerprint density at radius 2 is 1.78 bits per heavy atom. The highest BCUT2D eigenvalue weighted by Gasteiger charge is 2.30. The summed E-state index contributed by atoms with van der Waals surface area (Å²) in [5, 5.41) is 2.55. The smallest absolute Gasteiger partial charge is 0.254 e. The van der Waals surface area contributed by atoms with Gasteiger partial charge in [-0.05, 0) is 25.0 Å². The number of hydrogen-bond acceptors (Lipinski definition) is 6. The van der Waals surface area contributed by atoms with Crippen LogP contribution in [-0.2, 0) is 4.79 Å². The molecule has 1 aromatic carbocycles. The Labute approximate surface area is 162 Å². The zero-order valence-corrected chi connectivity index (χ0v) is 16.5. The number of anilines is 1. The van der Waals surface area contributed by atoms with Gasteiger partial charge in [-0.1, -0.05) is 0 Å². The summed E-state index contributed by atoms with van der Waals surface area (Å²) in [4.78, 5) is 33.1. The molecule has 1 saturated heterocycles. The SMILES string of the molecule is COc1cc(OC)cc(C(=O)N2CCC(C(=O)N(C)c3nccs3)CC2)c1. The van der Waals surface area contributed by atoms with Gasteiger partial charge in [0, 0.05) is 49.3 Å². The van der Waals surface area contributed by atoms with Gasteiger partial charge in [-0.25, -0.2) is 4.98 Å². The fraction of sp³-hybridized carbons (Fsp3) is 0.421. The van der Waals surface area contributed by atoms with Gasteiger partial charge in [0.15, 0.2) is 5.13 Å². The van der Waals surface area contributed by atoms with Crippen molar-refractivity contribution in [3.05, 3.63) is 35.3 Å². The van der Waals surface area contributed by atoms with Crippen molar-refractivity contribution >= 4 is 28.3 Å². The molecule has 0 N–H and O–H groups in total. The van der Waals surface area contributed by atoms with E-state index in [1.54, 1.807) is 55.5 Å². The molecule has 0 aliphatic carbocycles. The molecule has 1 aromatic heterocycles. The summed E-state index contributed by atoms with van der Waals surface area (Å²) in [5.41, 5.74) is 0.524. The van der Waals surface area contributed by atoms with Crippen LogP contribution in [0.5, 0.6) is 11.5 Å². The van der Waals surface area contributed by atoms with Crippen LogP contribution in [0.25, 0.3) is 0 Å². The van der Waals surface area contributed by atoms with Gasteiger partial charge in [0.2, 0.25) is 5.91 Å². The third-order valence-electron chi connectivity index (χ3n) is 4.77. The van der Waals surface area contributed by atoms with E-state index in [1.165, 1.54) is 11.3 Å². The number of benzene rings is 1. The Morgan fingerprint density at radius 1 is 1.15 bits per heavy atom. The molecule has 1 aliphatic rings. The summed E-state index contributed by atoms with van der Waals surface area (Å²) >= 11 is 1.44. The van der Waals surface area contributed by atoms with Crippen LogP contribution in [0, 0.1) is 5.92 Å². The van der Waals surface area contributed by atoms with Crippen molar-refractivity contribution in [2.24, 2.45) is 5.92 Å². The second kappa shape index (κ2) is 8.39. The van der Waals surface area contributed by atoms with Gasteiger partial charge in [0.1, 0.15) is 11.5 Å². The molecule has 0 saturated carbocycles. The number of piperidine rings is 1. The lowest BCUT2D eigenvalue weighted by Crippen LogP contribution is -2.43. The summed E-state index contributed by atoms with van der Waals surface area (Å²) in [7, 11) is 4.86. The molecule has 2 aromatic rings. The monoisotopic (exact) mass is 389 g/mol. The molecule has 1 fully saturated rings. The first kappa shape index (κ1) is 19.2. The predicted octanol–water partition coefficient (Wildman–Crippen LogP) is 2.68. The third-order valence-corrected chi connectivity index (χ3v) is 5.61. The molecule has 3 rings (SSSR count). The predicted molar refractivity (Wildman–Crippen MR) is 104 cm³/mol. The summed E-state index contributed by atoms with van der Waals surface area (Å²) in [6.45, 7) is 1.08. The zero-order chi connectivity index (χ0) is 19.4. The van der Waals surface area contributed by atoms with Gasteiger partial charge in [0.25, 0.3) is 5.91 Å². The van der Waals surface area contributed by atoms with Crippen LogP contribution in [0.2, 0.25) is 0 Å². The minimum Gasteiger partial charge on any atom is -0.497 e. The highest BCUT2D eigenvalue weighted by Crippen LogP contribution is 2.27. The van der Waals surface area contributed by atoms with E-state index in [0.29, 0.717) is 48.1 Å². The van der Waals surface area contributed by atoms with Crippen molar-refractivity contribution in [3.63, 3.8) is 0 Å². The lowest BCUT2D eigenvalue weighted by molar-refractivity contribution is -0.123. The Balaban J connectivity index is 1.63. The van der Waals surface area contributed by atoms with Crippen molar-refractivity contribution in [1.29, 1.82) is 0 Å². The molecule has 8 heteroatoms. The molecule has 0 atom stereocenters. The molecular weight excluding hydrogens is 366 g/mol. The zero-order valence-electron chi connectivity index (χ0n) is 15.7. The minimum atomic E-state index is -0.0946. The van der Waals surface area contributed by atoms with Crippen LogP contribution in [-0.4, -0.2) is 56.1 Å². The lowest BCUT2D eigenvalue weighted by atomic mass is 9.95. The largest absolute Gasteiger partial charge is 0.497 e. The molecule has 0 spiro atoms. The second-order valence-corrected chi connectivity index (χ2v) is 7.25. The number of amides is 2. The van der Waals surface area contributed by atoms with Gasteiger partial charge >= 0.3 is 0 Å². The van der Waals surface area contributed by atoms with Gasteiger partial charge in [-0.2, -0.15) is 0 Å². The first-order valence-corrected chi connectivity index (χ1v) is 9.61. The number of nitrogens with zero attached hydrogens (tertiary/aromatic N) is 3. The number of ether oxygens (including phenoxy) is 2. The van der Waals surface area contributed by atoms with Gasteiger partial charge in [0.05, 0.1) is 14.2 Å². The van der Waals surface area contributed by atoms with Crippen LogP contribution in [0.3, 0.4) is 0 Å². The number of rotatable bonds is 5. The Hall–Kier alpha value is -2.61. The molecule has 0 bridgehead atoms. The van der Waals surface area contributed by atoms with Gasteiger partial charge in [-0.15, -0.1) is 11.3 Å². The van der Waals surface area contributed by atoms with Gasteiger partial charge < -0.3 is 14.4 Å². The molecule has 27 heavy (non-hydrogen) atoms. The van der Waals surface area contributed by atoms with Crippen LogP contribution in [0.4, 0.5) is 5.13 Å². The standard InChI is InChI=1S/C19H23N3O4S/c1-21(19-20-6-9-27-19)17(23)13-4-7-22(8-5-13)18(24)14-10-15(25-2)12-16(11-14)26-3/h6,9-13H,4-5,7-8H2,1-3H3. The first-order valence-electron chi connectivity index (χ1n) is 8.73. The fourth-order valence-electron chi connectivity index (χ4n) is 3.19. The van der Waals surface area contributed by atoms with Crippen LogP contribution >= 0.6 is 11.3 Å². The van der Waals surface area contributed by atoms with E-state index in [0.717, 1.165) is 0 Å². The fourth-order valence-corrected chi connectivity index (χ4v) is 3.81. The topological polar surface area (TPSA) is 72.0 Å². The average molecular weight is 389 g/mol. The number of carbonyl (C=O) groups excluding carboxylic acids is 2. The number of aromatic nitrogens is 1. The molecular formula is C19H23N3O4S. The van der Waals surface area contributed by atoms with E-state index in [9.17, 15) is 9.59 Å². The van der Waals surface area contributed by atoms with Crippen LogP contribution in [0.15, 0.2) is 29.8 Å².